The van der Waals surface area contributed by atoms with Gasteiger partial charge in [-0.15, -0.1) is 0 Å². The largest absolute Gasteiger partial charge is 0.361 e. The van der Waals surface area contributed by atoms with Crippen molar-refractivity contribution in [2.24, 2.45) is 0 Å². The van der Waals surface area contributed by atoms with Crippen LogP contribution in [0.5, 0.6) is 0 Å². The third-order valence-corrected chi connectivity index (χ3v) is 1.80. The van der Waals surface area contributed by atoms with Crippen molar-refractivity contribution in [3.8, 4) is 0 Å². The van der Waals surface area contributed by atoms with E-state index in [1.54, 1.807) is 0 Å². The molecule has 0 amide bonds. The summed E-state index contributed by atoms with van der Waals surface area (Å²) >= 11 is 0. The third-order valence-electron chi connectivity index (χ3n) is 1.80. The summed E-state index contributed by atoms with van der Waals surface area (Å²) in [7, 11) is 0. The fraction of sp³-hybridized carbons (Fsp3) is 0.273. The van der Waals surface area contributed by atoms with Crippen LogP contribution < -0.4 is 0 Å². The second-order valence-corrected chi connectivity index (χ2v) is 2.96. The van der Waals surface area contributed by atoms with Gasteiger partial charge in [0.25, 0.3) is 0 Å². The number of allylic oxidation sites excluding steroid dienone is 3. The Hall–Kier alpha value is -1.24. The van der Waals surface area contributed by atoms with E-state index in [1.807, 2.05) is 19.2 Å². The van der Waals surface area contributed by atoms with Crippen LogP contribution in [0.15, 0.2) is 30.0 Å². The fourth-order valence-corrected chi connectivity index (χ4v) is 1.15. The first-order valence-electron chi connectivity index (χ1n) is 4.19. The number of aromatic amines is 1. The first-order valence-corrected chi connectivity index (χ1v) is 4.19. The third kappa shape index (κ3) is 2.12. The van der Waals surface area contributed by atoms with Gasteiger partial charge in [0.1, 0.15) is 0 Å². The van der Waals surface area contributed by atoms with Crippen LogP contribution in [0, 0.1) is 6.92 Å². The van der Waals surface area contributed by atoms with E-state index >= 15 is 0 Å². The van der Waals surface area contributed by atoms with Gasteiger partial charge >= 0.3 is 0 Å². The number of H-pyrrole nitrogens is 1. The van der Waals surface area contributed by atoms with Crippen molar-refractivity contribution < 1.29 is 0 Å². The zero-order chi connectivity index (χ0) is 8.97. The Morgan fingerprint density at radius 3 is 2.75 bits per heavy atom. The van der Waals surface area contributed by atoms with Gasteiger partial charge in [0.2, 0.25) is 0 Å². The maximum Gasteiger partial charge on any atom is 0.0412 e. The monoisotopic (exact) mass is 161 g/mol. The van der Waals surface area contributed by atoms with Gasteiger partial charge in [0.15, 0.2) is 0 Å². The molecule has 0 radical (unpaired) electrons. The van der Waals surface area contributed by atoms with Gasteiger partial charge in [0, 0.05) is 11.9 Å². The SMILES string of the molecule is C/C=C\C(C)=C/c1[nH]ccc1C. The van der Waals surface area contributed by atoms with Gasteiger partial charge in [-0.1, -0.05) is 12.2 Å². The predicted octanol–water partition coefficient (Wildman–Crippen LogP) is 3.30. The van der Waals surface area contributed by atoms with Gasteiger partial charge in [-0.25, -0.2) is 0 Å². The van der Waals surface area contributed by atoms with Gasteiger partial charge in [-0.3, -0.25) is 0 Å². The van der Waals surface area contributed by atoms with Crippen molar-refractivity contribution in [3.05, 3.63) is 41.2 Å². The van der Waals surface area contributed by atoms with Crippen LogP contribution in [-0.2, 0) is 0 Å². The molecule has 0 aromatic carbocycles. The molecule has 1 aromatic heterocycles. The molecule has 0 aliphatic rings. The summed E-state index contributed by atoms with van der Waals surface area (Å²) in [6.07, 6.45) is 8.25. The number of hydrogen-bond acceptors (Lipinski definition) is 0. The second-order valence-electron chi connectivity index (χ2n) is 2.96. The van der Waals surface area contributed by atoms with E-state index in [4.69, 9.17) is 0 Å². The fourth-order valence-electron chi connectivity index (χ4n) is 1.15. The van der Waals surface area contributed by atoms with Gasteiger partial charge in [0.05, 0.1) is 0 Å². The second kappa shape index (κ2) is 3.96. The molecule has 1 heteroatoms. The van der Waals surface area contributed by atoms with Crippen LogP contribution in [0.4, 0.5) is 0 Å². The molecule has 1 aromatic rings. The molecule has 0 aliphatic carbocycles. The molecule has 1 heterocycles. The Kier molecular flexibility index (Phi) is 2.92. The van der Waals surface area contributed by atoms with Crippen LogP contribution in [0.3, 0.4) is 0 Å². The molecule has 64 valence electrons. The normalized spacial score (nSPS) is 12.8. The van der Waals surface area contributed by atoms with Crippen LogP contribution >= 0.6 is 0 Å². The molecule has 0 spiro atoms. The van der Waals surface area contributed by atoms with E-state index in [2.05, 4.69) is 37.0 Å². The Labute approximate surface area is 73.8 Å². The summed E-state index contributed by atoms with van der Waals surface area (Å²) in [5.74, 6) is 0. The number of aryl methyl sites for hydroxylation is 1. The molecule has 0 atom stereocenters. The van der Waals surface area contributed by atoms with Gasteiger partial charge < -0.3 is 4.98 Å². The molecule has 1 nitrogen and oxygen atoms in total. The quantitative estimate of drug-likeness (QED) is 0.640. The van der Waals surface area contributed by atoms with E-state index in [1.165, 1.54) is 16.8 Å². The number of hydrogen-bond donors (Lipinski definition) is 1. The maximum absolute atomic E-state index is 3.18. The van der Waals surface area contributed by atoms with Crippen LogP contribution in [0.25, 0.3) is 6.08 Å². The molecule has 1 rings (SSSR count). The van der Waals surface area contributed by atoms with Gasteiger partial charge in [-0.05, 0) is 44.1 Å². The van der Waals surface area contributed by atoms with Crippen LogP contribution in [-0.4, -0.2) is 4.98 Å². The minimum Gasteiger partial charge on any atom is -0.361 e. The summed E-state index contributed by atoms with van der Waals surface area (Å²) in [4.78, 5) is 3.18. The van der Waals surface area contributed by atoms with E-state index in [-0.39, 0.29) is 0 Å². The number of nitrogens with one attached hydrogen (secondary N) is 1. The molecular weight excluding hydrogens is 146 g/mol. The molecular formula is C11H15N. The summed E-state index contributed by atoms with van der Waals surface area (Å²) in [6, 6.07) is 2.08. The van der Waals surface area contributed by atoms with Crippen molar-refractivity contribution in [1.82, 2.24) is 4.98 Å². The highest BCUT2D eigenvalue weighted by Gasteiger charge is 1.93. The summed E-state index contributed by atoms with van der Waals surface area (Å²) in [6.45, 7) is 6.23. The summed E-state index contributed by atoms with van der Waals surface area (Å²) in [5.41, 5.74) is 3.76. The summed E-state index contributed by atoms with van der Waals surface area (Å²) < 4.78 is 0. The highest BCUT2D eigenvalue weighted by molar-refractivity contribution is 5.54. The molecule has 0 aliphatic heterocycles. The molecule has 12 heavy (non-hydrogen) atoms. The van der Waals surface area contributed by atoms with E-state index in [0.717, 1.165) is 0 Å². The minimum atomic E-state index is 1.20. The molecule has 0 fully saturated rings. The average molecular weight is 161 g/mol. The Bertz CT molecular complexity index is 303. The molecule has 0 unspecified atom stereocenters. The maximum atomic E-state index is 3.18. The van der Waals surface area contributed by atoms with Crippen molar-refractivity contribution in [3.63, 3.8) is 0 Å². The van der Waals surface area contributed by atoms with Crippen molar-refractivity contribution in [1.29, 1.82) is 0 Å². The molecule has 0 bridgehead atoms. The molecule has 0 saturated carbocycles. The number of rotatable bonds is 2. The zero-order valence-corrected chi connectivity index (χ0v) is 7.89. The summed E-state index contributed by atoms with van der Waals surface area (Å²) in [5, 5.41) is 0. The van der Waals surface area contributed by atoms with E-state index in [9.17, 15) is 0 Å². The highest BCUT2D eigenvalue weighted by Crippen LogP contribution is 2.10. The van der Waals surface area contributed by atoms with Crippen molar-refractivity contribution in [2.45, 2.75) is 20.8 Å². The first kappa shape index (κ1) is 8.85. The lowest BCUT2D eigenvalue weighted by Crippen LogP contribution is -1.76. The van der Waals surface area contributed by atoms with E-state index < -0.39 is 0 Å². The Morgan fingerprint density at radius 1 is 1.50 bits per heavy atom. The van der Waals surface area contributed by atoms with E-state index in [0.29, 0.717) is 0 Å². The standard InChI is InChI=1S/C11H15N/c1-4-5-9(2)8-11-10(3)6-7-12-11/h4-8,12H,1-3H3/b5-4-,9-8-. The highest BCUT2D eigenvalue weighted by atomic mass is 14.7. The van der Waals surface area contributed by atoms with Crippen LogP contribution in [0.2, 0.25) is 0 Å². The lowest BCUT2D eigenvalue weighted by Gasteiger charge is -1.93. The Balaban J connectivity index is 2.87. The lowest BCUT2D eigenvalue weighted by atomic mass is 10.2. The van der Waals surface area contributed by atoms with Crippen molar-refractivity contribution in [2.75, 3.05) is 0 Å². The molecule has 1 N–H and O–H groups in total. The van der Waals surface area contributed by atoms with Crippen molar-refractivity contribution >= 4 is 6.08 Å². The number of aromatic nitrogens is 1. The topological polar surface area (TPSA) is 15.8 Å². The Morgan fingerprint density at radius 2 is 2.25 bits per heavy atom. The minimum absolute atomic E-state index is 1.20. The smallest absolute Gasteiger partial charge is 0.0412 e. The molecule has 0 saturated heterocycles. The van der Waals surface area contributed by atoms with Gasteiger partial charge in [-0.2, -0.15) is 0 Å². The first-order chi connectivity index (χ1) is 5.74. The average Bonchev–Trinajstić information content (AvgIpc) is 2.37. The zero-order valence-electron chi connectivity index (χ0n) is 7.89. The van der Waals surface area contributed by atoms with Crippen LogP contribution in [0.1, 0.15) is 25.1 Å². The predicted molar refractivity (Wildman–Crippen MR) is 54.0 cm³/mol. The lowest BCUT2D eigenvalue weighted by molar-refractivity contribution is 1.33.